The van der Waals surface area contributed by atoms with Crippen molar-refractivity contribution < 1.29 is 4.92 Å². The summed E-state index contributed by atoms with van der Waals surface area (Å²) in [5.74, 6) is 0. The normalized spacial score (nSPS) is 12.1. The maximum atomic E-state index is 11.0. The molecule has 0 heterocycles. The average molecular weight is 305 g/mol. The maximum Gasteiger partial charge on any atom is 0.272 e. The summed E-state index contributed by atoms with van der Waals surface area (Å²) < 4.78 is 0. The van der Waals surface area contributed by atoms with Crippen LogP contribution in [0.15, 0.2) is 42.5 Å². The third kappa shape index (κ3) is 4.28. The summed E-state index contributed by atoms with van der Waals surface area (Å²) in [6.45, 7) is 2.02. The van der Waals surface area contributed by atoms with E-state index < -0.39 is 4.92 Å². The number of rotatable bonds is 5. The minimum absolute atomic E-state index is 0.0686. The Morgan fingerprint density at radius 1 is 1.24 bits per heavy atom. The van der Waals surface area contributed by atoms with Gasteiger partial charge in [-0.3, -0.25) is 10.1 Å². The zero-order valence-electron chi connectivity index (χ0n) is 11.8. The Labute approximate surface area is 128 Å². The lowest BCUT2D eigenvalue weighted by Gasteiger charge is -2.12. The first-order valence-corrected chi connectivity index (χ1v) is 7.07. The molecule has 0 saturated heterocycles. The lowest BCUT2D eigenvalue weighted by molar-refractivity contribution is -0.385. The Balaban J connectivity index is 2.14. The highest BCUT2D eigenvalue weighted by molar-refractivity contribution is 6.30. The third-order valence-corrected chi connectivity index (χ3v) is 3.54. The Hall–Kier alpha value is -1.91. The number of aryl methyl sites for hydroxylation is 1. The topological polar surface area (TPSA) is 69.2 Å². The molecule has 21 heavy (non-hydrogen) atoms. The van der Waals surface area contributed by atoms with E-state index in [2.05, 4.69) is 6.07 Å². The molecular formula is C16H17ClN2O2. The second kappa shape index (κ2) is 6.70. The van der Waals surface area contributed by atoms with Gasteiger partial charge >= 0.3 is 0 Å². The molecular weight excluding hydrogens is 288 g/mol. The van der Waals surface area contributed by atoms with E-state index >= 15 is 0 Å². The van der Waals surface area contributed by atoms with Gasteiger partial charge in [0.15, 0.2) is 0 Å². The van der Waals surface area contributed by atoms with Crippen LogP contribution in [-0.4, -0.2) is 11.0 Å². The Morgan fingerprint density at radius 2 is 2.00 bits per heavy atom. The van der Waals surface area contributed by atoms with Gasteiger partial charge in [-0.2, -0.15) is 0 Å². The fourth-order valence-corrected chi connectivity index (χ4v) is 2.59. The van der Waals surface area contributed by atoms with Gasteiger partial charge in [-0.1, -0.05) is 41.4 Å². The minimum atomic E-state index is -0.398. The molecule has 5 heteroatoms. The number of nitro groups is 1. The highest BCUT2D eigenvalue weighted by Crippen LogP contribution is 2.24. The van der Waals surface area contributed by atoms with Crippen molar-refractivity contribution in [2.24, 2.45) is 5.73 Å². The van der Waals surface area contributed by atoms with Gasteiger partial charge in [-0.15, -0.1) is 0 Å². The first-order valence-electron chi connectivity index (χ1n) is 6.69. The number of halogens is 1. The van der Waals surface area contributed by atoms with E-state index in [1.54, 1.807) is 6.07 Å². The molecule has 0 aliphatic heterocycles. The van der Waals surface area contributed by atoms with Crippen molar-refractivity contribution in [2.45, 2.75) is 25.8 Å². The van der Waals surface area contributed by atoms with Gasteiger partial charge in [0.05, 0.1) is 4.92 Å². The van der Waals surface area contributed by atoms with Gasteiger partial charge in [0.1, 0.15) is 0 Å². The quantitative estimate of drug-likeness (QED) is 0.677. The summed E-state index contributed by atoms with van der Waals surface area (Å²) in [5.41, 5.74) is 9.09. The molecule has 2 rings (SSSR count). The molecule has 1 unspecified atom stereocenters. The van der Waals surface area contributed by atoms with Crippen molar-refractivity contribution in [3.8, 4) is 0 Å². The predicted molar refractivity (Wildman–Crippen MR) is 84.7 cm³/mol. The summed E-state index contributed by atoms with van der Waals surface area (Å²) in [4.78, 5) is 10.6. The lowest BCUT2D eigenvalue weighted by atomic mass is 9.98. The zero-order valence-corrected chi connectivity index (χ0v) is 12.5. The number of nitrogens with two attached hydrogens (primary N) is 1. The number of hydrogen-bond donors (Lipinski definition) is 1. The third-order valence-electron chi connectivity index (χ3n) is 3.30. The van der Waals surface area contributed by atoms with Crippen LogP contribution in [-0.2, 0) is 12.8 Å². The van der Waals surface area contributed by atoms with Crippen LogP contribution in [0.25, 0.3) is 0 Å². The van der Waals surface area contributed by atoms with Crippen LogP contribution in [0.2, 0.25) is 5.02 Å². The molecule has 110 valence electrons. The Kier molecular flexibility index (Phi) is 4.94. The smallest absolute Gasteiger partial charge is 0.272 e. The summed E-state index contributed by atoms with van der Waals surface area (Å²) in [6, 6.07) is 12.5. The van der Waals surface area contributed by atoms with E-state index in [-0.39, 0.29) is 11.7 Å². The number of nitrogens with zero attached hydrogens (tertiary/aromatic N) is 1. The average Bonchev–Trinajstić information content (AvgIpc) is 2.38. The van der Waals surface area contributed by atoms with Crippen molar-refractivity contribution in [3.63, 3.8) is 0 Å². The molecule has 0 saturated carbocycles. The number of nitro benzene ring substituents is 1. The molecule has 0 spiro atoms. The van der Waals surface area contributed by atoms with Gasteiger partial charge in [-0.25, -0.2) is 0 Å². The Morgan fingerprint density at radius 3 is 2.67 bits per heavy atom. The SMILES string of the molecule is Cc1cccc(CC(N)Cc2cc(Cl)ccc2[N+](=O)[O-])c1. The number of benzene rings is 2. The van der Waals surface area contributed by atoms with Crippen molar-refractivity contribution in [3.05, 3.63) is 74.3 Å². The molecule has 0 bridgehead atoms. The number of hydrogen-bond acceptors (Lipinski definition) is 3. The van der Waals surface area contributed by atoms with E-state index in [1.807, 2.05) is 25.1 Å². The molecule has 0 fully saturated rings. The highest BCUT2D eigenvalue weighted by atomic mass is 35.5. The maximum absolute atomic E-state index is 11.0. The predicted octanol–water partition coefficient (Wildman–Crippen LogP) is 3.67. The molecule has 2 aromatic rings. The molecule has 4 nitrogen and oxygen atoms in total. The van der Waals surface area contributed by atoms with Crippen LogP contribution < -0.4 is 5.73 Å². The monoisotopic (exact) mass is 304 g/mol. The summed E-state index contributed by atoms with van der Waals surface area (Å²) in [5, 5.41) is 11.5. The molecule has 0 amide bonds. The fraction of sp³-hybridized carbons (Fsp3) is 0.250. The summed E-state index contributed by atoms with van der Waals surface area (Å²) in [6.07, 6.45) is 1.09. The van der Waals surface area contributed by atoms with Gasteiger partial charge < -0.3 is 5.73 Å². The first-order chi connectivity index (χ1) is 9.95. The van der Waals surface area contributed by atoms with Crippen molar-refractivity contribution in [1.82, 2.24) is 0 Å². The summed E-state index contributed by atoms with van der Waals surface area (Å²) >= 11 is 5.92. The van der Waals surface area contributed by atoms with E-state index in [0.717, 1.165) is 5.56 Å². The molecule has 2 aromatic carbocycles. The van der Waals surface area contributed by atoms with Crippen LogP contribution >= 0.6 is 11.6 Å². The lowest BCUT2D eigenvalue weighted by Crippen LogP contribution is -2.26. The molecule has 1 atom stereocenters. The van der Waals surface area contributed by atoms with Gasteiger partial charge in [-0.05, 0) is 37.5 Å². The second-order valence-electron chi connectivity index (χ2n) is 5.19. The van der Waals surface area contributed by atoms with E-state index in [1.165, 1.54) is 17.7 Å². The molecule has 0 aliphatic rings. The minimum Gasteiger partial charge on any atom is -0.327 e. The largest absolute Gasteiger partial charge is 0.327 e. The van der Waals surface area contributed by atoms with E-state index in [4.69, 9.17) is 17.3 Å². The molecule has 2 N–H and O–H groups in total. The fourth-order valence-electron chi connectivity index (χ4n) is 2.39. The Bertz CT molecular complexity index is 658. The van der Waals surface area contributed by atoms with Crippen LogP contribution in [0.4, 0.5) is 5.69 Å². The second-order valence-corrected chi connectivity index (χ2v) is 5.62. The zero-order chi connectivity index (χ0) is 15.4. The molecule has 0 aromatic heterocycles. The van der Waals surface area contributed by atoms with Crippen molar-refractivity contribution in [2.75, 3.05) is 0 Å². The first kappa shape index (κ1) is 15.5. The van der Waals surface area contributed by atoms with Gasteiger partial charge in [0.2, 0.25) is 0 Å². The van der Waals surface area contributed by atoms with Gasteiger partial charge in [0, 0.05) is 22.7 Å². The van der Waals surface area contributed by atoms with Crippen molar-refractivity contribution >= 4 is 17.3 Å². The standard InChI is InChI=1S/C16H17ClN2O2/c1-11-3-2-4-12(7-11)8-15(18)10-13-9-14(17)5-6-16(13)19(20)21/h2-7,9,15H,8,10,18H2,1H3. The van der Waals surface area contributed by atoms with E-state index in [9.17, 15) is 10.1 Å². The van der Waals surface area contributed by atoms with Crippen LogP contribution in [0.3, 0.4) is 0 Å². The van der Waals surface area contributed by atoms with Crippen molar-refractivity contribution in [1.29, 1.82) is 0 Å². The molecule has 0 radical (unpaired) electrons. The highest BCUT2D eigenvalue weighted by Gasteiger charge is 2.16. The van der Waals surface area contributed by atoms with Crippen LogP contribution in [0, 0.1) is 17.0 Å². The molecule has 0 aliphatic carbocycles. The van der Waals surface area contributed by atoms with Crippen LogP contribution in [0.1, 0.15) is 16.7 Å². The van der Waals surface area contributed by atoms with Gasteiger partial charge in [0.25, 0.3) is 5.69 Å². The van der Waals surface area contributed by atoms with E-state index in [0.29, 0.717) is 23.4 Å². The van der Waals surface area contributed by atoms with Crippen LogP contribution in [0.5, 0.6) is 0 Å². The summed E-state index contributed by atoms with van der Waals surface area (Å²) in [7, 11) is 0.